The van der Waals surface area contributed by atoms with Crippen LogP contribution in [0.25, 0.3) is 0 Å². The average Bonchev–Trinajstić information content (AvgIpc) is 1.96. The van der Waals surface area contributed by atoms with Crippen molar-refractivity contribution in [3.05, 3.63) is 29.1 Å². The van der Waals surface area contributed by atoms with Gasteiger partial charge in [0, 0.05) is 11.3 Å². The molecule has 0 aromatic heterocycles. The van der Waals surface area contributed by atoms with Crippen LogP contribution < -0.4 is 5.46 Å². The summed E-state index contributed by atoms with van der Waals surface area (Å²) < 4.78 is 12.9. The van der Waals surface area contributed by atoms with Gasteiger partial charge >= 0.3 is 0 Å². The maximum Gasteiger partial charge on any atom is 0.117 e. The molecule has 0 heterocycles. The molecular formula is C9H9BFN. The largest absolute Gasteiger partial charge is 0.305 e. The predicted octanol–water partition coefficient (Wildman–Crippen LogP) is 1.32. The van der Waals surface area contributed by atoms with Gasteiger partial charge in [0.25, 0.3) is 0 Å². The van der Waals surface area contributed by atoms with E-state index < -0.39 is 5.82 Å². The van der Waals surface area contributed by atoms with Crippen molar-refractivity contribution < 1.29 is 4.39 Å². The summed E-state index contributed by atoms with van der Waals surface area (Å²) in [6, 6.07) is 2.84. The Balaban J connectivity index is 3.33. The SMILES string of the molecule is [B]c1cc(C)c(C(C)=N)cc1F. The number of rotatable bonds is 1. The molecule has 3 heteroatoms. The summed E-state index contributed by atoms with van der Waals surface area (Å²) in [4.78, 5) is 0. The highest BCUT2D eigenvalue weighted by Crippen LogP contribution is 2.08. The van der Waals surface area contributed by atoms with Crippen molar-refractivity contribution in [2.45, 2.75) is 13.8 Å². The van der Waals surface area contributed by atoms with Crippen molar-refractivity contribution in [1.82, 2.24) is 0 Å². The predicted molar refractivity (Wildman–Crippen MR) is 49.0 cm³/mol. The van der Waals surface area contributed by atoms with Crippen LogP contribution in [0.2, 0.25) is 0 Å². The number of nitrogens with one attached hydrogen (secondary N) is 1. The zero-order valence-corrected chi connectivity index (χ0v) is 7.11. The highest BCUT2D eigenvalue weighted by atomic mass is 19.1. The van der Waals surface area contributed by atoms with Gasteiger partial charge in [0.05, 0.1) is 0 Å². The van der Waals surface area contributed by atoms with Crippen molar-refractivity contribution in [3.63, 3.8) is 0 Å². The second-order valence-corrected chi connectivity index (χ2v) is 2.81. The Hall–Kier alpha value is -1.12. The number of halogens is 1. The van der Waals surface area contributed by atoms with E-state index in [1.807, 2.05) is 6.92 Å². The minimum absolute atomic E-state index is 0.137. The van der Waals surface area contributed by atoms with Crippen LogP contribution in [0.3, 0.4) is 0 Å². The smallest absolute Gasteiger partial charge is 0.117 e. The van der Waals surface area contributed by atoms with E-state index in [9.17, 15) is 4.39 Å². The fourth-order valence-electron chi connectivity index (χ4n) is 1.11. The Morgan fingerprint density at radius 2 is 2.08 bits per heavy atom. The second kappa shape index (κ2) is 3.09. The summed E-state index contributed by atoms with van der Waals surface area (Å²) in [6.07, 6.45) is 0. The van der Waals surface area contributed by atoms with E-state index in [0.29, 0.717) is 11.3 Å². The van der Waals surface area contributed by atoms with Crippen LogP contribution in [-0.4, -0.2) is 13.6 Å². The van der Waals surface area contributed by atoms with Crippen molar-refractivity contribution in [1.29, 1.82) is 5.41 Å². The third-order valence-electron chi connectivity index (χ3n) is 1.75. The number of hydrogen-bond acceptors (Lipinski definition) is 1. The summed E-state index contributed by atoms with van der Waals surface area (Å²) in [6.45, 7) is 3.43. The summed E-state index contributed by atoms with van der Waals surface area (Å²) in [7, 11) is 5.34. The molecule has 1 nitrogen and oxygen atoms in total. The lowest BCUT2D eigenvalue weighted by atomic mass is 9.90. The molecule has 0 fully saturated rings. The molecule has 1 aromatic carbocycles. The lowest BCUT2D eigenvalue weighted by Crippen LogP contribution is -2.11. The third kappa shape index (κ3) is 1.55. The molecular weight excluding hydrogens is 152 g/mol. The molecule has 0 aliphatic carbocycles. The topological polar surface area (TPSA) is 23.9 Å². The van der Waals surface area contributed by atoms with E-state index in [2.05, 4.69) is 0 Å². The molecule has 2 radical (unpaired) electrons. The number of hydrogen-bond donors (Lipinski definition) is 1. The quantitative estimate of drug-likeness (QED) is 0.474. The minimum Gasteiger partial charge on any atom is -0.305 e. The average molecular weight is 161 g/mol. The van der Waals surface area contributed by atoms with E-state index in [4.69, 9.17) is 13.3 Å². The van der Waals surface area contributed by atoms with Crippen LogP contribution in [0.4, 0.5) is 4.39 Å². The first-order chi connectivity index (χ1) is 5.52. The first kappa shape index (κ1) is 8.98. The van der Waals surface area contributed by atoms with Gasteiger partial charge in [-0.25, -0.2) is 4.39 Å². The van der Waals surface area contributed by atoms with Crippen LogP contribution >= 0.6 is 0 Å². The first-order valence-corrected chi connectivity index (χ1v) is 3.63. The molecule has 0 aliphatic heterocycles. The Morgan fingerprint density at radius 3 is 2.58 bits per heavy atom. The van der Waals surface area contributed by atoms with Gasteiger partial charge in [0.15, 0.2) is 0 Å². The molecule has 0 saturated heterocycles. The zero-order chi connectivity index (χ0) is 9.30. The molecule has 0 amide bonds. The lowest BCUT2D eigenvalue weighted by Gasteiger charge is -2.05. The van der Waals surface area contributed by atoms with Crippen LogP contribution in [0.1, 0.15) is 18.1 Å². The standard InChI is InChI=1S/C9H9BFN/c1-5-3-8(10)9(11)4-7(5)6(2)12/h3-4,12H,1-2H3. The molecule has 1 aromatic rings. The molecule has 1 rings (SSSR count). The van der Waals surface area contributed by atoms with Gasteiger partial charge in [-0.05, 0) is 25.5 Å². The van der Waals surface area contributed by atoms with Crippen molar-refractivity contribution in [2.75, 3.05) is 0 Å². The Bertz CT molecular complexity index is 334. The minimum atomic E-state index is -0.456. The summed E-state index contributed by atoms with van der Waals surface area (Å²) >= 11 is 0. The van der Waals surface area contributed by atoms with Crippen molar-refractivity contribution in [2.24, 2.45) is 0 Å². The Morgan fingerprint density at radius 1 is 1.50 bits per heavy atom. The third-order valence-corrected chi connectivity index (χ3v) is 1.75. The normalized spacial score (nSPS) is 9.92. The monoisotopic (exact) mass is 161 g/mol. The van der Waals surface area contributed by atoms with Gasteiger partial charge in [-0.3, -0.25) is 0 Å². The second-order valence-electron chi connectivity index (χ2n) is 2.81. The fraction of sp³-hybridized carbons (Fsp3) is 0.222. The van der Waals surface area contributed by atoms with Gasteiger partial charge in [-0.1, -0.05) is 11.5 Å². The highest BCUT2D eigenvalue weighted by Gasteiger charge is 2.04. The summed E-state index contributed by atoms with van der Waals surface area (Å²) in [5.41, 5.74) is 1.94. The van der Waals surface area contributed by atoms with Gasteiger partial charge < -0.3 is 5.41 Å². The summed E-state index contributed by atoms with van der Waals surface area (Å²) in [5.74, 6) is -0.456. The molecule has 0 aliphatic rings. The van der Waals surface area contributed by atoms with Crippen LogP contribution in [0, 0.1) is 18.2 Å². The first-order valence-electron chi connectivity index (χ1n) is 3.63. The maximum atomic E-state index is 12.9. The Labute approximate surface area is 72.5 Å². The van der Waals surface area contributed by atoms with E-state index in [1.54, 1.807) is 13.0 Å². The van der Waals surface area contributed by atoms with Crippen LogP contribution in [0.15, 0.2) is 12.1 Å². The molecule has 0 unspecified atom stereocenters. The van der Waals surface area contributed by atoms with E-state index in [0.717, 1.165) is 5.56 Å². The highest BCUT2D eigenvalue weighted by molar-refractivity contribution is 6.32. The van der Waals surface area contributed by atoms with E-state index in [-0.39, 0.29) is 5.46 Å². The maximum absolute atomic E-state index is 12.9. The van der Waals surface area contributed by atoms with E-state index >= 15 is 0 Å². The van der Waals surface area contributed by atoms with Gasteiger partial charge in [-0.2, -0.15) is 0 Å². The molecule has 0 saturated carbocycles. The van der Waals surface area contributed by atoms with Gasteiger partial charge in [-0.15, -0.1) is 0 Å². The van der Waals surface area contributed by atoms with Gasteiger partial charge in [0.2, 0.25) is 0 Å². The summed E-state index contributed by atoms with van der Waals surface area (Å²) in [5, 5.41) is 7.34. The molecule has 0 spiro atoms. The van der Waals surface area contributed by atoms with Crippen LogP contribution in [-0.2, 0) is 0 Å². The molecule has 60 valence electrons. The van der Waals surface area contributed by atoms with Crippen LogP contribution in [0.5, 0.6) is 0 Å². The lowest BCUT2D eigenvalue weighted by molar-refractivity contribution is 0.635. The van der Waals surface area contributed by atoms with E-state index in [1.165, 1.54) is 6.07 Å². The van der Waals surface area contributed by atoms with Crippen molar-refractivity contribution in [3.8, 4) is 0 Å². The molecule has 12 heavy (non-hydrogen) atoms. The molecule has 0 atom stereocenters. The number of aryl methyl sites for hydroxylation is 1. The zero-order valence-electron chi connectivity index (χ0n) is 7.11. The van der Waals surface area contributed by atoms with Gasteiger partial charge in [0.1, 0.15) is 13.7 Å². The molecule has 1 N–H and O–H groups in total. The molecule has 0 bridgehead atoms. The Kier molecular flexibility index (Phi) is 2.31. The number of benzene rings is 1. The van der Waals surface area contributed by atoms with Crippen molar-refractivity contribution >= 4 is 19.0 Å². The fourth-order valence-corrected chi connectivity index (χ4v) is 1.11.